The number of hydrogen-bond acceptors (Lipinski definition) is 3. The highest BCUT2D eigenvalue weighted by molar-refractivity contribution is 5.88. The van der Waals surface area contributed by atoms with E-state index >= 15 is 0 Å². The van der Waals surface area contributed by atoms with Gasteiger partial charge in [-0.25, -0.2) is 0 Å². The van der Waals surface area contributed by atoms with E-state index in [4.69, 9.17) is 0 Å². The maximum absolute atomic E-state index is 11.0. The van der Waals surface area contributed by atoms with E-state index < -0.39 is 0 Å². The maximum atomic E-state index is 11.0. The second-order valence-corrected chi connectivity index (χ2v) is 4.91. The molecule has 0 radical (unpaired) electrons. The summed E-state index contributed by atoms with van der Waals surface area (Å²) >= 11 is 0. The molecule has 21 heavy (non-hydrogen) atoms. The summed E-state index contributed by atoms with van der Waals surface area (Å²) in [4.78, 5) is 11.0. The van der Waals surface area contributed by atoms with Gasteiger partial charge in [0.25, 0.3) is 0 Å². The van der Waals surface area contributed by atoms with E-state index in [2.05, 4.69) is 35.6 Å². The van der Waals surface area contributed by atoms with Crippen molar-refractivity contribution in [2.75, 3.05) is 10.6 Å². The minimum absolute atomic E-state index is 0.0605. The number of aryl methyl sites for hydroxylation is 2. The third-order valence-electron chi connectivity index (χ3n) is 3.25. The second kappa shape index (κ2) is 6.92. The van der Waals surface area contributed by atoms with Crippen molar-refractivity contribution in [2.24, 2.45) is 0 Å². The smallest absolute Gasteiger partial charge is 0.221 e. The third kappa shape index (κ3) is 4.08. The van der Waals surface area contributed by atoms with Crippen LogP contribution in [-0.2, 0) is 24.3 Å². The van der Waals surface area contributed by atoms with Crippen molar-refractivity contribution in [3.05, 3.63) is 41.7 Å². The fraction of sp³-hybridized carbons (Fsp3) is 0.375. The summed E-state index contributed by atoms with van der Waals surface area (Å²) in [6.45, 7) is 7.32. The number of carbonyl (C=O) groups is 1. The highest BCUT2D eigenvalue weighted by Crippen LogP contribution is 2.15. The van der Waals surface area contributed by atoms with Crippen LogP contribution in [0.15, 0.2) is 30.3 Å². The number of nitrogens with one attached hydrogen (secondary N) is 2. The largest absolute Gasteiger partial charge is 0.379 e. The second-order valence-electron chi connectivity index (χ2n) is 4.91. The normalized spacial score (nSPS) is 10.4. The van der Waals surface area contributed by atoms with Crippen molar-refractivity contribution in [1.29, 1.82) is 0 Å². The number of hydrogen-bond donors (Lipinski definition) is 2. The van der Waals surface area contributed by atoms with Gasteiger partial charge in [-0.05, 0) is 43.7 Å². The maximum Gasteiger partial charge on any atom is 0.221 e. The van der Waals surface area contributed by atoms with E-state index in [1.807, 2.05) is 28.9 Å². The molecule has 0 bridgehead atoms. The number of rotatable bonds is 6. The molecule has 0 spiro atoms. The van der Waals surface area contributed by atoms with Gasteiger partial charge in [-0.2, -0.15) is 5.10 Å². The summed E-state index contributed by atoms with van der Waals surface area (Å²) in [6.07, 6.45) is 0.950. The Kier molecular flexibility index (Phi) is 4.98. The van der Waals surface area contributed by atoms with Gasteiger partial charge in [0.15, 0.2) is 0 Å². The number of benzene rings is 1. The van der Waals surface area contributed by atoms with Crippen LogP contribution in [0.3, 0.4) is 0 Å². The average Bonchev–Trinajstić information content (AvgIpc) is 2.88. The van der Waals surface area contributed by atoms with Gasteiger partial charge in [0, 0.05) is 24.8 Å². The van der Waals surface area contributed by atoms with Gasteiger partial charge in [-0.15, -0.1) is 0 Å². The molecule has 2 rings (SSSR count). The molecule has 2 N–H and O–H groups in total. The Bertz CT molecular complexity index is 601. The highest BCUT2D eigenvalue weighted by Gasteiger charge is 2.05. The SMILES string of the molecule is CCc1cc(CNc2ccc(NC(C)=O)cc2)n(CC)n1. The molecular formula is C16H22N4O. The topological polar surface area (TPSA) is 58.9 Å². The van der Waals surface area contributed by atoms with Gasteiger partial charge < -0.3 is 10.6 Å². The van der Waals surface area contributed by atoms with Gasteiger partial charge in [0.1, 0.15) is 0 Å². The Morgan fingerprint density at radius 3 is 2.43 bits per heavy atom. The van der Waals surface area contributed by atoms with Crippen molar-refractivity contribution in [3.63, 3.8) is 0 Å². The van der Waals surface area contributed by atoms with Crippen LogP contribution in [0.25, 0.3) is 0 Å². The lowest BCUT2D eigenvalue weighted by atomic mass is 10.2. The van der Waals surface area contributed by atoms with E-state index in [0.717, 1.165) is 36.6 Å². The zero-order chi connectivity index (χ0) is 15.2. The predicted molar refractivity (Wildman–Crippen MR) is 85.4 cm³/mol. The third-order valence-corrected chi connectivity index (χ3v) is 3.25. The van der Waals surface area contributed by atoms with E-state index in [0.29, 0.717) is 0 Å². The van der Waals surface area contributed by atoms with Gasteiger partial charge in [0.05, 0.1) is 17.9 Å². The summed E-state index contributed by atoms with van der Waals surface area (Å²) in [5, 5.41) is 10.7. The average molecular weight is 286 g/mol. The van der Waals surface area contributed by atoms with E-state index in [-0.39, 0.29) is 5.91 Å². The summed E-state index contributed by atoms with van der Waals surface area (Å²) in [5.41, 5.74) is 4.13. The zero-order valence-corrected chi connectivity index (χ0v) is 12.8. The Morgan fingerprint density at radius 2 is 1.86 bits per heavy atom. The molecule has 1 aromatic carbocycles. The number of aromatic nitrogens is 2. The quantitative estimate of drug-likeness (QED) is 0.858. The van der Waals surface area contributed by atoms with Gasteiger partial charge in [-0.3, -0.25) is 9.48 Å². The summed E-state index contributed by atoms with van der Waals surface area (Å²) < 4.78 is 2.03. The van der Waals surface area contributed by atoms with Gasteiger partial charge >= 0.3 is 0 Å². The molecule has 0 unspecified atom stereocenters. The monoisotopic (exact) mass is 286 g/mol. The van der Waals surface area contributed by atoms with E-state index in [1.54, 1.807) is 0 Å². The number of nitrogens with zero attached hydrogens (tertiary/aromatic N) is 2. The molecule has 0 saturated heterocycles. The van der Waals surface area contributed by atoms with Crippen LogP contribution in [0.1, 0.15) is 32.2 Å². The molecule has 112 valence electrons. The number of anilines is 2. The van der Waals surface area contributed by atoms with Crippen LogP contribution in [0.2, 0.25) is 0 Å². The van der Waals surface area contributed by atoms with Crippen LogP contribution in [-0.4, -0.2) is 15.7 Å². The van der Waals surface area contributed by atoms with Crippen molar-refractivity contribution in [3.8, 4) is 0 Å². The molecule has 1 aromatic heterocycles. The molecule has 0 fully saturated rings. The van der Waals surface area contributed by atoms with Crippen molar-refractivity contribution in [1.82, 2.24) is 9.78 Å². The molecule has 5 nitrogen and oxygen atoms in total. The van der Waals surface area contributed by atoms with Gasteiger partial charge in [0.2, 0.25) is 5.91 Å². The lowest BCUT2D eigenvalue weighted by Gasteiger charge is -2.09. The molecule has 5 heteroatoms. The molecule has 1 heterocycles. The molecule has 2 aromatic rings. The van der Waals surface area contributed by atoms with E-state index in [1.165, 1.54) is 12.6 Å². The van der Waals surface area contributed by atoms with Crippen LogP contribution >= 0.6 is 0 Å². The number of amides is 1. The summed E-state index contributed by atoms with van der Waals surface area (Å²) in [7, 11) is 0. The fourth-order valence-corrected chi connectivity index (χ4v) is 2.17. The first kappa shape index (κ1) is 15.1. The highest BCUT2D eigenvalue weighted by atomic mass is 16.1. The first-order valence-electron chi connectivity index (χ1n) is 7.29. The Balaban J connectivity index is 1.99. The number of carbonyl (C=O) groups excluding carboxylic acids is 1. The Hall–Kier alpha value is -2.30. The fourth-order valence-electron chi connectivity index (χ4n) is 2.17. The van der Waals surface area contributed by atoms with E-state index in [9.17, 15) is 4.79 Å². The van der Waals surface area contributed by atoms with Crippen molar-refractivity contribution >= 4 is 17.3 Å². The predicted octanol–water partition coefficient (Wildman–Crippen LogP) is 3.04. The lowest BCUT2D eigenvalue weighted by Crippen LogP contribution is -2.08. The molecule has 0 aliphatic rings. The van der Waals surface area contributed by atoms with Crippen LogP contribution in [0.5, 0.6) is 0 Å². The first-order chi connectivity index (χ1) is 10.1. The minimum Gasteiger partial charge on any atom is -0.379 e. The Labute approximate surface area is 125 Å². The van der Waals surface area contributed by atoms with Crippen LogP contribution in [0.4, 0.5) is 11.4 Å². The van der Waals surface area contributed by atoms with Crippen LogP contribution < -0.4 is 10.6 Å². The van der Waals surface area contributed by atoms with Gasteiger partial charge in [-0.1, -0.05) is 6.92 Å². The summed E-state index contributed by atoms with van der Waals surface area (Å²) in [6, 6.07) is 9.83. The molecule has 0 aliphatic carbocycles. The molecule has 0 atom stereocenters. The molecular weight excluding hydrogens is 264 g/mol. The standard InChI is InChI=1S/C16H22N4O/c1-4-13-10-16(20(5-2)19-13)11-17-14-6-8-15(9-7-14)18-12(3)21/h6-10,17H,4-5,11H2,1-3H3,(H,18,21). The lowest BCUT2D eigenvalue weighted by molar-refractivity contribution is -0.114. The molecule has 0 saturated carbocycles. The zero-order valence-electron chi connectivity index (χ0n) is 12.8. The first-order valence-corrected chi connectivity index (χ1v) is 7.29. The molecule has 0 aliphatic heterocycles. The Morgan fingerprint density at radius 1 is 1.19 bits per heavy atom. The minimum atomic E-state index is -0.0605. The molecule has 1 amide bonds. The van der Waals surface area contributed by atoms with Crippen molar-refractivity contribution in [2.45, 2.75) is 40.3 Å². The summed E-state index contributed by atoms with van der Waals surface area (Å²) in [5.74, 6) is -0.0605. The van der Waals surface area contributed by atoms with Crippen molar-refractivity contribution < 1.29 is 4.79 Å². The van der Waals surface area contributed by atoms with Crippen LogP contribution in [0, 0.1) is 0 Å².